The molecule has 0 radical (unpaired) electrons. The molecule has 0 atom stereocenters. The Labute approximate surface area is 182 Å². The zero-order valence-corrected chi connectivity index (χ0v) is 16.9. The summed E-state index contributed by atoms with van der Waals surface area (Å²) in [5, 5.41) is 0. The van der Waals surface area contributed by atoms with E-state index < -0.39 is 17.2 Å². The van der Waals surface area contributed by atoms with Gasteiger partial charge in [-0.05, 0) is 35.9 Å². The van der Waals surface area contributed by atoms with Crippen LogP contribution >= 0.6 is 0 Å². The summed E-state index contributed by atoms with van der Waals surface area (Å²) in [6, 6.07) is 15.9. The first-order chi connectivity index (χ1) is 15.5. The van der Waals surface area contributed by atoms with E-state index in [4.69, 9.17) is 14.6 Å². The normalized spacial score (nSPS) is 11.1. The maximum atomic E-state index is 13.1. The molecule has 0 aliphatic heterocycles. The van der Waals surface area contributed by atoms with Crippen LogP contribution in [0.15, 0.2) is 91.6 Å². The van der Waals surface area contributed by atoms with Gasteiger partial charge in [-0.15, -0.1) is 0 Å². The van der Waals surface area contributed by atoms with Gasteiger partial charge >= 0.3 is 5.69 Å². The summed E-state index contributed by atoms with van der Waals surface area (Å²) in [7, 11) is 0. The molecule has 9 nitrogen and oxygen atoms in total. The molecular formula is C23H20N4O5. The van der Waals surface area contributed by atoms with Gasteiger partial charge in [-0.3, -0.25) is 24.0 Å². The van der Waals surface area contributed by atoms with Gasteiger partial charge in [0.2, 0.25) is 0 Å². The molecule has 0 saturated carbocycles. The van der Waals surface area contributed by atoms with E-state index in [9.17, 15) is 14.4 Å². The molecule has 1 amide bonds. The number of aromatic amines is 1. The number of benzene rings is 1. The molecule has 3 aromatic heterocycles. The number of nitrogen functional groups attached to an aromatic ring is 1. The Balaban J connectivity index is 1.77. The lowest BCUT2D eigenvalue weighted by Crippen LogP contribution is -2.40. The van der Waals surface area contributed by atoms with Crippen LogP contribution in [-0.4, -0.2) is 15.5 Å². The van der Waals surface area contributed by atoms with Crippen molar-refractivity contribution in [1.82, 2.24) is 9.55 Å². The molecule has 162 valence electrons. The molecule has 0 aliphatic carbocycles. The van der Waals surface area contributed by atoms with E-state index in [1.807, 2.05) is 30.3 Å². The molecule has 3 N–H and O–H groups in total. The van der Waals surface area contributed by atoms with Crippen LogP contribution in [0.3, 0.4) is 0 Å². The largest absolute Gasteiger partial charge is 0.467 e. The Morgan fingerprint density at radius 3 is 2.47 bits per heavy atom. The molecule has 0 fully saturated rings. The number of H-pyrrole nitrogens is 1. The number of anilines is 2. The van der Waals surface area contributed by atoms with Crippen LogP contribution in [0.4, 0.5) is 11.5 Å². The summed E-state index contributed by atoms with van der Waals surface area (Å²) >= 11 is 0. The predicted octanol–water partition coefficient (Wildman–Crippen LogP) is 2.60. The first-order valence-corrected chi connectivity index (χ1v) is 9.75. The van der Waals surface area contributed by atoms with Crippen molar-refractivity contribution in [1.29, 1.82) is 0 Å². The number of aromatic nitrogens is 2. The topological polar surface area (TPSA) is 127 Å². The van der Waals surface area contributed by atoms with Crippen molar-refractivity contribution in [2.24, 2.45) is 0 Å². The van der Waals surface area contributed by atoms with E-state index in [-0.39, 0.29) is 24.6 Å². The molecule has 3 heterocycles. The summed E-state index contributed by atoms with van der Waals surface area (Å²) in [5.74, 6) is 0.227. The molecule has 0 aliphatic rings. The monoisotopic (exact) mass is 432 g/mol. The minimum Gasteiger partial charge on any atom is -0.467 e. The first kappa shape index (κ1) is 20.7. The van der Waals surface area contributed by atoms with Crippen LogP contribution < -0.4 is 21.9 Å². The number of nitrogens with two attached hydrogens (primary N) is 1. The summed E-state index contributed by atoms with van der Waals surface area (Å²) < 4.78 is 11.8. The van der Waals surface area contributed by atoms with E-state index in [1.54, 1.807) is 24.3 Å². The van der Waals surface area contributed by atoms with Gasteiger partial charge in [-0.25, -0.2) is 4.79 Å². The number of hydrogen-bond donors (Lipinski definition) is 2. The van der Waals surface area contributed by atoms with Crippen molar-refractivity contribution in [2.45, 2.75) is 13.1 Å². The number of carbonyl (C=O) groups is 1. The van der Waals surface area contributed by atoms with Crippen molar-refractivity contribution < 1.29 is 13.6 Å². The Hall–Kier alpha value is -4.53. The van der Waals surface area contributed by atoms with Crippen LogP contribution in [0.2, 0.25) is 0 Å². The maximum Gasteiger partial charge on any atom is 0.330 e. The highest BCUT2D eigenvalue weighted by atomic mass is 16.3. The fourth-order valence-electron chi connectivity index (χ4n) is 3.22. The van der Waals surface area contributed by atoms with Gasteiger partial charge in [-0.1, -0.05) is 30.3 Å². The van der Waals surface area contributed by atoms with Crippen molar-refractivity contribution in [3.63, 3.8) is 0 Å². The molecule has 9 heteroatoms. The van der Waals surface area contributed by atoms with Gasteiger partial charge in [-0.2, -0.15) is 0 Å². The molecule has 1 aromatic carbocycles. The van der Waals surface area contributed by atoms with Gasteiger partial charge in [0.05, 0.1) is 25.6 Å². The maximum absolute atomic E-state index is 13.1. The molecule has 0 saturated heterocycles. The Morgan fingerprint density at radius 2 is 1.78 bits per heavy atom. The average Bonchev–Trinajstić information content (AvgIpc) is 3.49. The molecule has 4 rings (SSSR count). The standard InChI is InChI=1S/C23H20N4O5/c24-21-20(22(29)25-23(30)27(21)14-16-6-2-1-3-7-16)26(15-18-9-5-13-32-18)19(28)11-10-17-8-4-12-31-17/h1-13H,14-15,24H2,(H,25,29,30)/b11-10+. The highest BCUT2D eigenvalue weighted by Crippen LogP contribution is 2.21. The van der Waals surface area contributed by atoms with Crippen LogP contribution in [0, 0.1) is 0 Å². The van der Waals surface area contributed by atoms with Crippen LogP contribution in [0.25, 0.3) is 6.08 Å². The second-order valence-corrected chi connectivity index (χ2v) is 6.92. The summed E-state index contributed by atoms with van der Waals surface area (Å²) in [6.07, 6.45) is 5.67. The van der Waals surface area contributed by atoms with Crippen molar-refractivity contribution >= 4 is 23.5 Å². The number of rotatable bonds is 7. The highest BCUT2D eigenvalue weighted by molar-refractivity contribution is 6.04. The summed E-state index contributed by atoms with van der Waals surface area (Å²) in [5.41, 5.74) is 5.48. The van der Waals surface area contributed by atoms with Crippen LogP contribution in [-0.2, 0) is 17.9 Å². The molecule has 0 bridgehead atoms. The second-order valence-electron chi connectivity index (χ2n) is 6.92. The molecule has 0 spiro atoms. The van der Waals surface area contributed by atoms with E-state index in [2.05, 4.69) is 4.98 Å². The smallest absolute Gasteiger partial charge is 0.330 e. The Bertz CT molecular complexity index is 1330. The van der Waals surface area contributed by atoms with Crippen LogP contribution in [0.1, 0.15) is 17.1 Å². The molecule has 0 unspecified atom stereocenters. The van der Waals surface area contributed by atoms with Crippen molar-refractivity contribution in [3.05, 3.63) is 111 Å². The minimum absolute atomic E-state index is 0.0643. The second kappa shape index (κ2) is 9.09. The Morgan fingerprint density at radius 1 is 1.03 bits per heavy atom. The third kappa shape index (κ3) is 4.46. The number of amides is 1. The predicted molar refractivity (Wildman–Crippen MR) is 119 cm³/mol. The van der Waals surface area contributed by atoms with E-state index >= 15 is 0 Å². The third-order valence-electron chi connectivity index (χ3n) is 4.76. The van der Waals surface area contributed by atoms with Gasteiger partial charge < -0.3 is 14.6 Å². The lowest BCUT2D eigenvalue weighted by Gasteiger charge is -2.22. The Kier molecular flexibility index (Phi) is 5.89. The third-order valence-corrected chi connectivity index (χ3v) is 4.76. The molecule has 4 aromatic rings. The van der Waals surface area contributed by atoms with Gasteiger partial charge in [0.15, 0.2) is 5.69 Å². The zero-order chi connectivity index (χ0) is 22.5. The summed E-state index contributed by atoms with van der Waals surface area (Å²) in [6.45, 7) is 0.0610. The first-order valence-electron chi connectivity index (χ1n) is 9.75. The molecule has 32 heavy (non-hydrogen) atoms. The number of nitrogens with one attached hydrogen (secondary N) is 1. The zero-order valence-electron chi connectivity index (χ0n) is 16.9. The minimum atomic E-state index is -0.775. The van der Waals surface area contributed by atoms with Gasteiger partial charge in [0.25, 0.3) is 11.5 Å². The number of carbonyl (C=O) groups excluding carboxylic acids is 1. The van der Waals surface area contributed by atoms with E-state index in [1.165, 1.54) is 29.2 Å². The van der Waals surface area contributed by atoms with Crippen molar-refractivity contribution in [2.75, 3.05) is 10.6 Å². The number of furan rings is 2. The lowest BCUT2D eigenvalue weighted by molar-refractivity contribution is -0.114. The number of hydrogen-bond acceptors (Lipinski definition) is 6. The van der Waals surface area contributed by atoms with Gasteiger partial charge in [0, 0.05) is 6.08 Å². The average molecular weight is 432 g/mol. The SMILES string of the molecule is Nc1c(N(Cc2ccco2)C(=O)/C=C/c2ccco2)c(=O)[nH]c(=O)n1Cc1ccccc1. The highest BCUT2D eigenvalue weighted by Gasteiger charge is 2.24. The summed E-state index contributed by atoms with van der Waals surface area (Å²) in [4.78, 5) is 41.7. The fraction of sp³-hybridized carbons (Fsp3) is 0.0870. The molecular weight excluding hydrogens is 412 g/mol. The van der Waals surface area contributed by atoms with Crippen molar-refractivity contribution in [3.8, 4) is 0 Å². The lowest BCUT2D eigenvalue weighted by atomic mass is 10.2. The van der Waals surface area contributed by atoms with E-state index in [0.29, 0.717) is 11.5 Å². The van der Waals surface area contributed by atoms with E-state index in [0.717, 1.165) is 10.5 Å². The van der Waals surface area contributed by atoms with Crippen LogP contribution in [0.5, 0.6) is 0 Å². The van der Waals surface area contributed by atoms with Gasteiger partial charge in [0.1, 0.15) is 17.3 Å². The fourth-order valence-corrected chi connectivity index (χ4v) is 3.22. The quantitative estimate of drug-likeness (QED) is 0.432. The number of nitrogens with zero attached hydrogens (tertiary/aromatic N) is 2.